The Hall–Kier alpha value is -11.7. The molecule has 0 bridgehead atoms. The highest BCUT2D eigenvalue weighted by Gasteiger charge is 2.39. The molecule has 4 amide bonds. The molecule has 4 aliphatic rings. The molecule has 30 heteroatoms. The number of hydrogen-bond donors (Lipinski definition) is 7. The Morgan fingerprint density at radius 3 is 0.974 bits per heavy atom. The molecule has 0 saturated carbocycles. The number of nitrogens with one attached hydrogen (secondary N) is 4. The topological polar surface area (TPSA) is 312 Å². The Morgan fingerprint density at radius 1 is 0.462 bits per heavy atom. The van der Waals surface area contributed by atoms with Gasteiger partial charge in [-0.15, -0.1) is 0 Å². The van der Waals surface area contributed by atoms with Crippen LogP contribution in [-0.4, -0.2) is 131 Å². The fourth-order valence-corrected chi connectivity index (χ4v) is 16.0. The molecular weight excluding hydrogens is 1600 g/mol. The lowest BCUT2D eigenvalue weighted by Gasteiger charge is -2.28. The number of carbonyl (C=O) groups is 5. The lowest BCUT2D eigenvalue weighted by Crippen LogP contribution is -2.39. The van der Waals surface area contributed by atoms with Crippen LogP contribution in [0.5, 0.6) is 0 Å². The number of halogens is 7. The van der Waals surface area contributed by atoms with Gasteiger partial charge in [0.2, 0.25) is 0 Å². The SMILES string of the molecule is CS(=O)(=O)OCCC1CNC(=O)c2cc(-c3cccc(Cl)c3)c(-c3ccccc3)n21.NCCC1CNC(=O)c2cc(-c3cccc(Cl)c3)c(-c3ccccc3)n21.O=C(O)C(F)(F)F.O=C1NCC(CCO)n2c1cc(-c1cccc(Cl)c1)c2-c1ccccc1.[N-]=[N+]=NCCC1CNC(=O)c2cc(-c3cccc(Cl)c3)c(-c3ccccc3)n21. The third-order valence-electron chi connectivity index (χ3n) is 19.8. The molecule has 0 saturated heterocycles. The second-order valence-electron chi connectivity index (χ2n) is 27.6. The average molecular weight is 1680 g/mol. The summed E-state index contributed by atoms with van der Waals surface area (Å²) in [7, 11) is -3.53. The number of aromatic nitrogens is 4. The molecule has 8 aromatic carbocycles. The van der Waals surface area contributed by atoms with E-state index in [-0.39, 0.29) is 61.0 Å². The van der Waals surface area contributed by atoms with Crippen LogP contribution in [0.1, 0.15) is 91.8 Å². The Bertz CT molecular complexity index is 5610. The first-order valence-electron chi connectivity index (χ1n) is 37.2. The second-order valence-corrected chi connectivity index (χ2v) is 30.9. The van der Waals surface area contributed by atoms with E-state index in [4.69, 9.17) is 71.8 Å². The minimum Gasteiger partial charge on any atom is -0.475 e. The van der Waals surface area contributed by atoms with Crippen molar-refractivity contribution in [1.82, 2.24) is 39.5 Å². The number of carboxylic acid groups (broad SMARTS) is 1. The highest BCUT2D eigenvalue weighted by atomic mass is 35.5. The van der Waals surface area contributed by atoms with E-state index in [1.807, 2.05) is 229 Å². The molecule has 4 aromatic heterocycles. The van der Waals surface area contributed by atoms with E-state index >= 15 is 0 Å². The molecule has 0 aliphatic carbocycles. The molecule has 4 unspecified atom stereocenters. The van der Waals surface area contributed by atoms with Crippen LogP contribution in [-0.2, 0) is 19.1 Å². The summed E-state index contributed by atoms with van der Waals surface area (Å²) in [5, 5.41) is 34.6. The maximum Gasteiger partial charge on any atom is 0.490 e. The van der Waals surface area contributed by atoms with Crippen LogP contribution >= 0.6 is 46.4 Å². The Labute approximate surface area is 692 Å². The Morgan fingerprint density at radius 2 is 0.726 bits per heavy atom. The summed E-state index contributed by atoms with van der Waals surface area (Å²) in [6.45, 7) is 3.03. The van der Waals surface area contributed by atoms with E-state index in [9.17, 15) is 45.9 Å². The van der Waals surface area contributed by atoms with Gasteiger partial charge in [-0.3, -0.25) is 23.4 Å². The van der Waals surface area contributed by atoms with Crippen molar-refractivity contribution in [1.29, 1.82) is 0 Å². The highest BCUT2D eigenvalue weighted by molar-refractivity contribution is 7.86. The van der Waals surface area contributed by atoms with Crippen LogP contribution in [0.4, 0.5) is 13.2 Å². The monoisotopic (exact) mass is 1680 g/mol. The maximum atomic E-state index is 12.7. The van der Waals surface area contributed by atoms with Gasteiger partial charge in [-0.25, -0.2) is 4.79 Å². The van der Waals surface area contributed by atoms with Gasteiger partial charge >= 0.3 is 12.1 Å². The predicted octanol–water partition coefficient (Wildman–Crippen LogP) is 18.5. The zero-order chi connectivity index (χ0) is 83.1. The van der Waals surface area contributed by atoms with Crippen LogP contribution in [0.3, 0.4) is 0 Å². The zero-order valence-electron chi connectivity index (χ0n) is 62.8. The summed E-state index contributed by atoms with van der Waals surface area (Å²) in [5.74, 6) is -3.17. The molecule has 0 spiro atoms. The van der Waals surface area contributed by atoms with Crippen LogP contribution in [0.25, 0.3) is 100.0 Å². The number of aliphatic hydroxyl groups is 1. The van der Waals surface area contributed by atoms with Gasteiger partial charge < -0.3 is 55.5 Å². The normalized spacial score (nSPS) is 15.7. The van der Waals surface area contributed by atoms with Gasteiger partial charge in [-0.1, -0.05) is 221 Å². The van der Waals surface area contributed by atoms with E-state index < -0.39 is 22.3 Å². The second kappa shape index (κ2) is 38.4. The lowest BCUT2D eigenvalue weighted by atomic mass is 10.0. The smallest absolute Gasteiger partial charge is 0.475 e. The molecule has 12 aromatic rings. The van der Waals surface area contributed by atoms with Crippen LogP contribution < -0.4 is 27.0 Å². The minimum absolute atomic E-state index is 0.00124. The number of carboxylic acids is 1. The first kappa shape index (κ1) is 84.7. The van der Waals surface area contributed by atoms with Gasteiger partial charge in [0, 0.05) is 86.6 Å². The standard InChI is InChI=1S/C22H21ClN2O4S.C21H18ClN5O.C21H20ClN3O.C21H19ClN2O2.C2HF3O2/c1-30(27,28)29-11-10-18-14-24-22(26)20-13-19(16-8-5-9-17(23)12-16)21(25(18)20)15-6-3-2-4-7-15;22-16-8-4-7-15(11-16)18-12-19-21(28)24-13-17(9-10-25-26-23)27(19)20(18)14-5-2-1-3-6-14;22-16-8-4-7-15(11-16)18-12-19-21(26)24-13-17(9-10-23)25(19)20(18)14-5-2-1-3-6-14;22-16-8-4-7-15(11-16)18-12-19-21(26)23-13-17(9-10-25)24(19)20(18)14-5-2-1-3-6-14;3-2(4,5)1(6)7/h2-9,12-13,18H,10-11,14H2,1H3,(H,24,26);1-8,11-12,17H,9-10,13H2,(H,24,28);1-8,11-12,17H,9-10,13,23H2,(H,24,26);1-8,11-12,17,25H,9-10,13H2,(H,23,26);(H,6,7). The molecule has 4 atom stereocenters. The molecule has 16 rings (SSSR count). The van der Waals surface area contributed by atoms with E-state index in [1.54, 1.807) is 6.07 Å². The van der Waals surface area contributed by atoms with E-state index in [0.29, 0.717) is 101 Å². The number of benzene rings is 8. The zero-order valence-corrected chi connectivity index (χ0v) is 66.7. The van der Waals surface area contributed by atoms with Gasteiger partial charge in [0.05, 0.1) is 59.8 Å². The van der Waals surface area contributed by atoms with Crippen LogP contribution in [0, 0.1) is 0 Å². The van der Waals surface area contributed by atoms with Crippen molar-refractivity contribution in [2.75, 3.05) is 58.7 Å². The molecule has 8 heterocycles. The minimum atomic E-state index is -5.08. The van der Waals surface area contributed by atoms with E-state index in [0.717, 1.165) is 102 Å². The number of hydrogen-bond acceptors (Lipinski definition) is 11. The number of azide groups is 1. The number of alkyl halides is 3. The fourth-order valence-electron chi connectivity index (χ4n) is 14.8. The molecule has 602 valence electrons. The number of rotatable bonds is 19. The van der Waals surface area contributed by atoms with Gasteiger partial charge in [0.25, 0.3) is 33.7 Å². The Balaban J connectivity index is 0.000000140. The van der Waals surface area contributed by atoms with Crippen LogP contribution in [0.2, 0.25) is 20.1 Å². The quantitative estimate of drug-likeness (QED) is 0.0173. The van der Waals surface area contributed by atoms with Crippen molar-refractivity contribution in [2.45, 2.75) is 56.0 Å². The molecule has 0 radical (unpaired) electrons. The fraction of sp³-hybridized carbons (Fsp3) is 0.207. The first-order chi connectivity index (χ1) is 56.3. The van der Waals surface area contributed by atoms with Crippen molar-refractivity contribution in [3.05, 3.63) is 296 Å². The van der Waals surface area contributed by atoms with Crippen molar-refractivity contribution < 1.29 is 60.0 Å². The number of carbonyl (C=O) groups excluding carboxylic acids is 4. The van der Waals surface area contributed by atoms with Crippen molar-refractivity contribution in [2.24, 2.45) is 10.8 Å². The highest BCUT2D eigenvalue weighted by Crippen LogP contribution is 2.45. The number of nitrogens with zero attached hydrogens (tertiary/aromatic N) is 7. The van der Waals surface area contributed by atoms with Crippen LogP contribution in [0.15, 0.2) is 248 Å². The maximum absolute atomic E-state index is 12.7. The summed E-state index contributed by atoms with van der Waals surface area (Å²) < 4.78 is 67.7. The molecule has 4 aliphatic heterocycles. The number of aliphatic carboxylic acids is 1. The molecule has 117 heavy (non-hydrogen) atoms. The molecule has 22 nitrogen and oxygen atoms in total. The van der Waals surface area contributed by atoms with Gasteiger partial charge in [-0.05, 0) is 155 Å². The van der Waals surface area contributed by atoms with Gasteiger partial charge in [-0.2, -0.15) is 21.6 Å². The summed E-state index contributed by atoms with van der Waals surface area (Å²) in [4.78, 5) is 62.1. The molecule has 0 fully saturated rings. The third-order valence-corrected chi connectivity index (χ3v) is 21.4. The average Bonchev–Trinajstić information content (AvgIpc) is 1.62. The number of aliphatic hydroxyl groups excluding tert-OH is 1. The lowest BCUT2D eigenvalue weighted by molar-refractivity contribution is -0.192. The number of amides is 4. The van der Waals surface area contributed by atoms with E-state index in [1.165, 1.54) is 0 Å². The van der Waals surface area contributed by atoms with Gasteiger partial charge in [0.1, 0.15) is 22.8 Å². The first-order valence-corrected chi connectivity index (χ1v) is 40.5. The number of nitrogens with two attached hydrogens (primary N) is 1. The molecular formula is C87H79Cl4F3N12O10S. The Kier molecular flexibility index (Phi) is 27.8. The third kappa shape index (κ3) is 20.2. The summed E-state index contributed by atoms with van der Waals surface area (Å²) in [6.07, 6.45) is -1.60. The number of fused-ring (bicyclic) bond motifs is 4. The summed E-state index contributed by atoms with van der Waals surface area (Å²) in [6, 6.07) is 78.2. The molecule has 8 N–H and O–H groups in total. The predicted molar refractivity (Wildman–Crippen MR) is 450 cm³/mol. The largest absolute Gasteiger partial charge is 0.490 e. The summed E-state index contributed by atoms with van der Waals surface area (Å²) >= 11 is 24.9. The van der Waals surface area contributed by atoms with Crippen molar-refractivity contribution >= 4 is 86.1 Å². The summed E-state index contributed by atoms with van der Waals surface area (Å²) in [5.41, 5.74) is 32.5. The van der Waals surface area contributed by atoms with Crippen molar-refractivity contribution in [3.63, 3.8) is 0 Å². The van der Waals surface area contributed by atoms with E-state index in [2.05, 4.69) is 57.1 Å². The van der Waals surface area contributed by atoms with Crippen molar-refractivity contribution in [3.8, 4) is 89.5 Å². The van der Waals surface area contributed by atoms with Gasteiger partial charge in [0.15, 0.2) is 0 Å².